The average molecular weight is 380 g/mol. The molecule has 0 N–H and O–H groups in total. The largest absolute Gasteiger partial charge is 0.497 e. The zero-order valence-corrected chi connectivity index (χ0v) is 15.3. The highest BCUT2D eigenvalue weighted by Gasteiger charge is 2.41. The summed E-state index contributed by atoms with van der Waals surface area (Å²) in [6.07, 6.45) is -3.76. The molecule has 0 spiro atoms. The lowest BCUT2D eigenvalue weighted by molar-refractivity contribution is -0.189. The van der Waals surface area contributed by atoms with Gasteiger partial charge >= 0.3 is 12.1 Å². The zero-order valence-electron chi connectivity index (χ0n) is 15.3. The van der Waals surface area contributed by atoms with E-state index < -0.39 is 12.1 Å². The molecule has 0 heterocycles. The van der Waals surface area contributed by atoms with Crippen molar-refractivity contribution in [3.8, 4) is 11.5 Å². The van der Waals surface area contributed by atoms with Gasteiger partial charge in [0, 0.05) is 37.6 Å². The second-order valence-electron chi connectivity index (χ2n) is 5.91. The summed E-state index contributed by atoms with van der Waals surface area (Å²) >= 11 is 0. The molecule has 27 heavy (non-hydrogen) atoms. The van der Waals surface area contributed by atoms with E-state index in [1.807, 2.05) is 38.1 Å². The summed E-state index contributed by atoms with van der Waals surface area (Å²) in [6, 6.07) is 9.81. The summed E-state index contributed by atoms with van der Waals surface area (Å²) in [6.45, 7) is 1.87. The molecule has 5 nitrogen and oxygen atoms in total. The normalized spacial score (nSPS) is 11.5. The van der Waals surface area contributed by atoms with Crippen LogP contribution in [0.5, 0.6) is 11.5 Å². The number of rotatable bonds is 5. The van der Waals surface area contributed by atoms with Crippen LogP contribution in [-0.4, -0.2) is 39.6 Å². The second kappa shape index (κ2) is 8.11. The number of hydrogen-bond acceptors (Lipinski definition) is 5. The summed E-state index contributed by atoms with van der Waals surface area (Å²) < 4.78 is 47.0. The Morgan fingerprint density at radius 1 is 1.15 bits per heavy atom. The maximum absolute atomic E-state index is 12.5. The molecule has 0 unspecified atom stereocenters. The molecule has 2 aromatic carbocycles. The minimum atomic E-state index is -5.10. The minimum Gasteiger partial charge on any atom is -0.497 e. The third-order valence-corrected chi connectivity index (χ3v) is 3.69. The van der Waals surface area contributed by atoms with Crippen LogP contribution >= 0.6 is 0 Å². The molecule has 0 amide bonds. The number of esters is 1. The Bertz CT molecular complexity index is 862. The van der Waals surface area contributed by atoms with Gasteiger partial charge in [0.1, 0.15) is 11.5 Å². The van der Waals surface area contributed by atoms with Crippen molar-refractivity contribution in [3.05, 3.63) is 47.5 Å². The van der Waals surface area contributed by atoms with Crippen molar-refractivity contribution in [3.63, 3.8) is 0 Å². The summed E-state index contributed by atoms with van der Waals surface area (Å²) in [7, 11) is 5.18. The van der Waals surface area contributed by atoms with Gasteiger partial charge in [-0.25, -0.2) is 4.79 Å². The van der Waals surface area contributed by atoms with Crippen LogP contribution in [0, 0.1) is 6.92 Å². The number of carbonyl (C=O) groups is 1. The number of aryl methyl sites for hydroxylation is 1. The standard InChI is InChI=1S/C19H19F3N2O3/c1-12-9-14(24(2)3)6-8-16(12)23-11-13-5-7-15(26-4)10-17(13)27-18(25)19(20,21)22/h5-11H,1-4H3. The summed E-state index contributed by atoms with van der Waals surface area (Å²) in [5, 5.41) is 0. The molecule has 144 valence electrons. The Kier molecular flexibility index (Phi) is 6.09. The molecule has 2 aromatic rings. The third-order valence-electron chi connectivity index (χ3n) is 3.69. The van der Waals surface area contributed by atoms with Gasteiger partial charge in [-0.2, -0.15) is 13.2 Å². The SMILES string of the molecule is COc1ccc(C=Nc2ccc(N(C)C)cc2C)c(OC(=O)C(F)(F)F)c1. The van der Waals surface area contributed by atoms with E-state index in [1.165, 1.54) is 31.5 Å². The lowest BCUT2D eigenvalue weighted by Gasteiger charge is -2.14. The third kappa shape index (κ3) is 5.22. The highest BCUT2D eigenvalue weighted by molar-refractivity contribution is 5.88. The van der Waals surface area contributed by atoms with Crippen LogP contribution in [0.4, 0.5) is 24.5 Å². The molecule has 0 aliphatic carbocycles. The first-order valence-electron chi connectivity index (χ1n) is 7.91. The minimum absolute atomic E-state index is 0.212. The van der Waals surface area contributed by atoms with Gasteiger partial charge in [-0.1, -0.05) is 0 Å². The van der Waals surface area contributed by atoms with E-state index in [2.05, 4.69) is 9.73 Å². The van der Waals surface area contributed by atoms with Gasteiger partial charge in [-0.3, -0.25) is 4.99 Å². The fourth-order valence-electron chi connectivity index (χ4n) is 2.20. The van der Waals surface area contributed by atoms with Gasteiger partial charge < -0.3 is 14.4 Å². The van der Waals surface area contributed by atoms with Crippen LogP contribution in [0.15, 0.2) is 41.4 Å². The van der Waals surface area contributed by atoms with Crippen LogP contribution in [0.1, 0.15) is 11.1 Å². The fourth-order valence-corrected chi connectivity index (χ4v) is 2.20. The van der Waals surface area contributed by atoms with Crippen molar-refractivity contribution in [2.24, 2.45) is 4.99 Å². The fraction of sp³-hybridized carbons (Fsp3) is 0.263. The smallest absolute Gasteiger partial charge is 0.491 e. The first-order valence-corrected chi connectivity index (χ1v) is 7.91. The number of methoxy groups -OCH3 is 1. The van der Waals surface area contributed by atoms with E-state index in [-0.39, 0.29) is 17.1 Å². The zero-order chi connectivity index (χ0) is 20.2. The van der Waals surface area contributed by atoms with E-state index in [9.17, 15) is 18.0 Å². The van der Waals surface area contributed by atoms with Crippen molar-refractivity contribution in [1.29, 1.82) is 0 Å². The molecule has 0 atom stereocenters. The average Bonchev–Trinajstić information content (AvgIpc) is 2.60. The number of carbonyl (C=O) groups excluding carboxylic acids is 1. The van der Waals surface area contributed by atoms with E-state index in [0.29, 0.717) is 5.69 Å². The predicted molar refractivity (Wildman–Crippen MR) is 97.4 cm³/mol. The molecule has 8 heteroatoms. The molecule has 0 aromatic heterocycles. The lowest BCUT2D eigenvalue weighted by Crippen LogP contribution is -2.28. The first kappa shape index (κ1) is 20.3. The topological polar surface area (TPSA) is 51.1 Å². The van der Waals surface area contributed by atoms with Crippen LogP contribution in [-0.2, 0) is 4.79 Å². The number of nitrogens with zero attached hydrogens (tertiary/aromatic N) is 2. The highest BCUT2D eigenvalue weighted by atomic mass is 19.4. The Labute approximate surface area is 155 Å². The van der Waals surface area contributed by atoms with Gasteiger partial charge in [0.05, 0.1) is 12.8 Å². The molecule has 0 aliphatic rings. The van der Waals surface area contributed by atoms with Crippen molar-refractivity contribution >= 4 is 23.6 Å². The quantitative estimate of drug-likeness (QED) is 0.441. The van der Waals surface area contributed by atoms with E-state index in [0.717, 1.165) is 11.3 Å². The Morgan fingerprint density at radius 3 is 2.41 bits per heavy atom. The molecular formula is C19H19F3N2O3. The van der Waals surface area contributed by atoms with Crippen molar-refractivity contribution in [2.45, 2.75) is 13.1 Å². The van der Waals surface area contributed by atoms with Crippen molar-refractivity contribution in [1.82, 2.24) is 0 Å². The molecule has 0 radical (unpaired) electrons. The molecular weight excluding hydrogens is 361 g/mol. The highest BCUT2D eigenvalue weighted by Crippen LogP contribution is 2.28. The van der Waals surface area contributed by atoms with Crippen LogP contribution in [0.2, 0.25) is 0 Å². The van der Waals surface area contributed by atoms with Crippen LogP contribution in [0.3, 0.4) is 0 Å². The maximum Gasteiger partial charge on any atom is 0.491 e. The molecule has 2 rings (SSSR count). The van der Waals surface area contributed by atoms with Gasteiger partial charge in [0.15, 0.2) is 0 Å². The Hall–Kier alpha value is -3.03. The number of aliphatic imine (C=N–C) groups is 1. The van der Waals surface area contributed by atoms with Crippen molar-refractivity contribution in [2.75, 3.05) is 26.1 Å². The number of anilines is 1. The first-order chi connectivity index (χ1) is 12.6. The van der Waals surface area contributed by atoms with E-state index >= 15 is 0 Å². The van der Waals surface area contributed by atoms with Gasteiger partial charge in [0.2, 0.25) is 0 Å². The van der Waals surface area contributed by atoms with Crippen molar-refractivity contribution < 1.29 is 27.4 Å². The summed E-state index contributed by atoms with van der Waals surface area (Å²) in [5.74, 6) is -2.34. The number of hydrogen-bond donors (Lipinski definition) is 0. The number of ether oxygens (including phenoxy) is 2. The molecule has 0 fully saturated rings. The van der Waals surface area contributed by atoms with Crippen LogP contribution in [0.25, 0.3) is 0 Å². The molecule has 0 aliphatic heterocycles. The molecule has 0 saturated heterocycles. The van der Waals surface area contributed by atoms with Gasteiger partial charge in [0.25, 0.3) is 0 Å². The van der Waals surface area contributed by atoms with Crippen LogP contribution < -0.4 is 14.4 Å². The molecule has 0 bridgehead atoms. The van der Waals surface area contributed by atoms with Gasteiger partial charge in [-0.05, 0) is 42.8 Å². The van der Waals surface area contributed by atoms with E-state index in [1.54, 1.807) is 6.07 Å². The number of halogens is 3. The summed E-state index contributed by atoms with van der Waals surface area (Å²) in [5.41, 5.74) is 2.74. The second-order valence-corrected chi connectivity index (χ2v) is 5.91. The maximum atomic E-state index is 12.5. The van der Waals surface area contributed by atoms with Gasteiger partial charge in [-0.15, -0.1) is 0 Å². The predicted octanol–water partition coefficient (Wildman–Crippen LogP) is 4.29. The summed E-state index contributed by atoms with van der Waals surface area (Å²) in [4.78, 5) is 17.4. The Balaban J connectivity index is 2.35. The van der Waals surface area contributed by atoms with E-state index in [4.69, 9.17) is 4.74 Å². The number of benzene rings is 2. The lowest BCUT2D eigenvalue weighted by atomic mass is 10.1. The molecule has 0 saturated carbocycles. The Morgan fingerprint density at radius 2 is 1.85 bits per heavy atom. The monoisotopic (exact) mass is 380 g/mol. The number of alkyl halides is 3.